The zero-order valence-electron chi connectivity index (χ0n) is 18.3. The molecule has 0 aromatic heterocycles. The predicted octanol–water partition coefficient (Wildman–Crippen LogP) is 6.43. The molecule has 164 valence electrons. The van der Waals surface area contributed by atoms with Gasteiger partial charge in [-0.15, -0.1) is 0 Å². The van der Waals surface area contributed by atoms with Crippen LogP contribution in [0.15, 0.2) is 83.7 Å². The summed E-state index contributed by atoms with van der Waals surface area (Å²) in [6.45, 7) is 10.4. The van der Waals surface area contributed by atoms with Gasteiger partial charge in [-0.25, -0.2) is 4.39 Å². The van der Waals surface area contributed by atoms with Gasteiger partial charge >= 0.3 is 0 Å². The van der Waals surface area contributed by atoms with Gasteiger partial charge in [0.25, 0.3) is 5.91 Å². The highest BCUT2D eigenvalue weighted by Crippen LogP contribution is 2.46. The molecule has 2 aliphatic rings. The van der Waals surface area contributed by atoms with E-state index in [1.165, 1.54) is 11.6 Å². The van der Waals surface area contributed by atoms with E-state index in [0.29, 0.717) is 18.0 Å². The Hall–Kier alpha value is -2.59. The fourth-order valence-corrected chi connectivity index (χ4v) is 4.49. The molecule has 1 heterocycles. The highest BCUT2D eigenvalue weighted by atomic mass is 35.5. The van der Waals surface area contributed by atoms with Crippen molar-refractivity contribution in [3.8, 4) is 0 Å². The van der Waals surface area contributed by atoms with Crippen LogP contribution in [0.2, 0.25) is 0 Å². The van der Waals surface area contributed by atoms with E-state index in [0.717, 1.165) is 31.6 Å². The molecular formula is C26H30ClFN2O. The molecular weight excluding hydrogens is 411 g/mol. The molecule has 1 aliphatic carbocycles. The molecule has 5 heteroatoms. The number of rotatable bonds is 8. The van der Waals surface area contributed by atoms with Crippen LogP contribution in [-0.2, 0) is 0 Å². The first-order valence-corrected chi connectivity index (χ1v) is 11.1. The maximum absolute atomic E-state index is 14.4. The number of amides is 1. The normalized spacial score (nSPS) is 20.6. The molecule has 0 N–H and O–H groups in total. The standard InChI is InChI=1S/C26H30ClFN2O/c1-4-6-17-29(5-2)18-9-16-26(3)19-30(24-15-13-20(27)12-14-22(24)26)25(31)21-10-7-8-11-23(21)28/h4,6-8,10-13,15,17H,1,5,9,14,16,18-19H2,2-3H3/b17-6+. The average molecular weight is 441 g/mol. The van der Waals surface area contributed by atoms with Crippen LogP contribution in [0.1, 0.15) is 43.5 Å². The van der Waals surface area contributed by atoms with Crippen molar-refractivity contribution in [1.29, 1.82) is 0 Å². The van der Waals surface area contributed by atoms with Crippen LogP contribution in [0.3, 0.4) is 0 Å². The number of benzene rings is 1. The Morgan fingerprint density at radius 1 is 1.35 bits per heavy atom. The molecule has 0 radical (unpaired) electrons. The van der Waals surface area contributed by atoms with E-state index >= 15 is 0 Å². The van der Waals surface area contributed by atoms with Gasteiger partial charge in [-0.05, 0) is 68.3 Å². The van der Waals surface area contributed by atoms with E-state index in [9.17, 15) is 9.18 Å². The molecule has 3 nitrogen and oxygen atoms in total. The van der Waals surface area contributed by atoms with Gasteiger partial charge in [0.15, 0.2) is 0 Å². The largest absolute Gasteiger partial charge is 0.378 e. The molecule has 1 unspecified atom stereocenters. The third kappa shape index (κ3) is 5.19. The van der Waals surface area contributed by atoms with Crippen molar-refractivity contribution in [2.75, 3.05) is 19.6 Å². The van der Waals surface area contributed by atoms with Gasteiger partial charge < -0.3 is 9.80 Å². The fourth-order valence-electron chi connectivity index (χ4n) is 4.35. The van der Waals surface area contributed by atoms with E-state index in [2.05, 4.69) is 31.5 Å². The van der Waals surface area contributed by atoms with E-state index in [4.69, 9.17) is 11.6 Å². The van der Waals surface area contributed by atoms with Gasteiger partial charge in [-0.2, -0.15) is 0 Å². The van der Waals surface area contributed by atoms with Gasteiger partial charge in [0.1, 0.15) is 5.82 Å². The van der Waals surface area contributed by atoms with Gasteiger partial charge in [0.2, 0.25) is 0 Å². The van der Waals surface area contributed by atoms with E-state index < -0.39 is 5.82 Å². The second kappa shape index (κ2) is 10.1. The topological polar surface area (TPSA) is 23.6 Å². The number of halogens is 2. The van der Waals surface area contributed by atoms with Crippen LogP contribution in [-0.4, -0.2) is 35.3 Å². The lowest BCUT2D eigenvalue weighted by Gasteiger charge is -2.29. The summed E-state index contributed by atoms with van der Waals surface area (Å²) in [6, 6.07) is 6.16. The van der Waals surface area contributed by atoms with Crippen molar-refractivity contribution in [3.05, 3.63) is 95.1 Å². The smallest absolute Gasteiger partial charge is 0.261 e. The number of carbonyl (C=O) groups excluding carboxylic acids is 1. The fraction of sp³-hybridized carbons (Fsp3) is 0.346. The minimum absolute atomic E-state index is 0.0991. The van der Waals surface area contributed by atoms with Crippen molar-refractivity contribution < 1.29 is 9.18 Å². The Bertz CT molecular complexity index is 962. The second-order valence-electron chi connectivity index (χ2n) is 8.23. The third-order valence-electron chi connectivity index (χ3n) is 6.10. The van der Waals surface area contributed by atoms with E-state index in [-0.39, 0.29) is 16.9 Å². The first-order chi connectivity index (χ1) is 14.9. The summed E-state index contributed by atoms with van der Waals surface area (Å²) < 4.78 is 14.4. The molecule has 0 spiro atoms. The van der Waals surface area contributed by atoms with Crippen LogP contribution in [0.4, 0.5) is 4.39 Å². The van der Waals surface area contributed by atoms with E-state index in [1.54, 1.807) is 29.2 Å². The molecule has 0 saturated carbocycles. The third-order valence-corrected chi connectivity index (χ3v) is 6.38. The minimum atomic E-state index is -0.496. The van der Waals surface area contributed by atoms with Crippen LogP contribution < -0.4 is 0 Å². The number of hydrogen-bond acceptors (Lipinski definition) is 2. The molecule has 31 heavy (non-hydrogen) atoms. The lowest BCUT2D eigenvalue weighted by atomic mass is 9.78. The molecule has 1 aliphatic heterocycles. The Labute approximate surface area is 189 Å². The Balaban J connectivity index is 1.84. The number of nitrogens with zero attached hydrogens (tertiary/aromatic N) is 2. The Morgan fingerprint density at radius 3 is 2.84 bits per heavy atom. The zero-order valence-corrected chi connectivity index (χ0v) is 19.0. The summed E-state index contributed by atoms with van der Waals surface area (Å²) >= 11 is 6.27. The predicted molar refractivity (Wildman–Crippen MR) is 126 cm³/mol. The van der Waals surface area contributed by atoms with E-state index in [1.807, 2.05) is 24.3 Å². The highest BCUT2D eigenvalue weighted by molar-refractivity contribution is 6.31. The lowest BCUT2D eigenvalue weighted by molar-refractivity contribution is 0.0788. The second-order valence-corrected chi connectivity index (χ2v) is 8.67. The summed E-state index contributed by atoms with van der Waals surface area (Å²) in [6.07, 6.45) is 14.1. The van der Waals surface area contributed by atoms with Crippen LogP contribution >= 0.6 is 11.6 Å². The molecule has 1 aromatic carbocycles. The monoisotopic (exact) mass is 440 g/mol. The summed E-state index contributed by atoms with van der Waals surface area (Å²) in [5.41, 5.74) is 1.94. The summed E-state index contributed by atoms with van der Waals surface area (Å²) in [5.74, 6) is -0.800. The Kier molecular flexibility index (Phi) is 7.55. The first kappa shape index (κ1) is 23.1. The van der Waals surface area contributed by atoms with Gasteiger partial charge in [0, 0.05) is 35.8 Å². The van der Waals surface area contributed by atoms with Gasteiger partial charge in [-0.1, -0.05) is 49.4 Å². The molecule has 1 amide bonds. The number of allylic oxidation sites excluding steroid dienone is 6. The van der Waals surface area contributed by atoms with Crippen LogP contribution in [0, 0.1) is 11.2 Å². The van der Waals surface area contributed by atoms with Crippen molar-refractivity contribution in [2.45, 2.75) is 33.1 Å². The van der Waals surface area contributed by atoms with Crippen molar-refractivity contribution in [3.63, 3.8) is 0 Å². The maximum Gasteiger partial charge on any atom is 0.261 e. The summed E-state index contributed by atoms with van der Waals surface area (Å²) in [4.78, 5) is 17.3. The number of carbonyl (C=O) groups is 1. The van der Waals surface area contributed by atoms with Crippen LogP contribution in [0.5, 0.6) is 0 Å². The summed E-state index contributed by atoms with van der Waals surface area (Å²) in [5, 5.41) is 0.654. The molecule has 1 aromatic rings. The molecule has 0 bridgehead atoms. The maximum atomic E-state index is 14.4. The zero-order chi connectivity index (χ0) is 22.4. The quantitative estimate of drug-likeness (QED) is 0.435. The first-order valence-electron chi connectivity index (χ1n) is 10.8. The van der Waals surface area contributed by atoms with Gasteiger partial charge in [-0.3, -0.25) is 4.79 Å². The Morgan fingerprint density at radius 2 is 2.13 bits per heavy atom. The SMILES string of the molecule is C=C/C=C/N(CC)CCCC1(C)CN(C(=O)c2ccccc2F)C2=C1CC=C(Cl)C=C2. The molecule has 3 rings (SSSR count). The molecule has 0 saturated heterocycles. The molecule has 1 atom stereocenters. The molecule has 0 fully saturated rings. The lowest BCUT2D eigenvalue weighted by Crippen LogP contribution is -2.33. The highest BCUT2D eigenvalue weighted by Gasteiger charge is 2.42. The number of hydrogen-bond donors (Lipinski definition) is 0. The van der Waals surface area contributed by atoms with Crippen molar-refractivity contribution >= 4 is 17.5 Å². The minimum Gasteiger partial charge on any atom is -0.378 e. The summed E-state index contributed by atoms with van der Waals surface area (Å²) in [7, 11) is 0. The van der Waals surface area contributed by atoms with Crippen molar-refractivity contribution in [2.24, 2.45) is 5.41 Å². The van der Waals surface area contributed by atoms with Crippen LogP contribution in [0.25, 0.3) is 0 Å². The van der Waals surface area contributed by atoms with Crippen molar-refractivity contribution in [1.82, 2.24) is 9.80 Å². The van der Waals surface area contributed by atoms with Gasteiger partial charge in [0.05, 0.1) is 5.56 Å². The average Bonchev–Trinajstić information content (AvgIpc) is 2.89.